The summed E-state index contributed by atoms with van der Waals surface area (Å²) in [6.45, 7) is 4.64. The van der Waals surface area contributed by atoms with Crippen molar-refractivity contribution in [2.24, 2.45) is 4.99 Å². The van der Waals surface area contributed by atoms with Crippen molar-refractivity contribution >= 4 is 29.5 Å². The molecular weight excluding hydrogens is 452 g/mol. The third-order valence-corrected chi connectivity index (χ3v) is 7.12. The van der Waals surface area contributed by atoms with E-state index in [1.165, 1.54) is 10.5 Å². The van der Waals surface area contributed by atoms with Crippen LogP contribution in [0.5, 0.6) is 0 Å². The number of likely N-dealkylation sites (N-methyl/N-ethyl adjacent to an activating group) is 2. The third-order valence-electron chi connectivity index (χ3n) is 6.87. The highest BCUT2D eigenvalue weighted by atomic mass is 35.5. The Morgan fingerprint density at radius 1 is 0.853 bits per heavy atom. The molecule has 0 saturated carbocycles. The summed E-state index contributed by atoms with van der Waals surface area (Å²) >= 11 is 5.98. The first kappa shape index (κ1) is 22.7. The Labute approximate surface area is 205 Å². The molecule has 5 rings (SSSR count). The monoisotopic (exact) mass is 480 g/mol. The molecule has 2 fully saturated rings. The summed E-state index contributed by atoms with van der Waals surface area (Å²) < 4.78 is 0. The minimum atomic E-state index is -0.521. The van der Waals surface area contributed by atoms with Crippen molar-refractivity contribution in [1.29, 1.82) is 0 Å². The molecule has 3 aliphatic rings. The van der Waals surface area contributed by atoms with E-state index in [2.05, 4.69) is 34.1 Å². The molecule has 9 heteroatoms. The van der Waals surface area contributed by atoms with Gasteiger partial charge in [0.2, 0.25) is 0 Å². The fourth-order valence-electron chi connectivity index (χ4n) is 4.92. The number of halogens is 1. The number of guanidine groups is 1. The van der Waals surface area contributed by atoms with Crippen molar-refractivity contribution in [2.75, 3.05) is 40.3 Å². The van der Waals surface area contributed by atoms with Crippen molar-refractivity contribution < 1.29 is 9.59 Å². The largest absolute Gasteiger partial charge is 0.340 e. The van der Waals surface area contributed by atoms with Crippen LogP contribution in [0.1, 0.15) is 11.1 Å². The standard InChI is InChI=1S/C25H29ClN6O2/c1-28-21-22(29(2)25(34)32(23(21)33)17-19-8-10-20(26)11-9-19)27-24(28)31-14-12-30(13-15-31)16-18-6-4-3-5-7-18/h3-11,21-22H,12-17H2,1-2H3. The zero-order chi connectivity index (χ0) is 23.8. The Balaban J connectivity index is 1.26. The number of hydrogen-bond donors (Lipinski definition) is 0. The van der Waals surface area contributed by atoms with Crippen molar-refractivity contribution in [3.8, 4) is 0 Å². The highest BCUT2D eigenvalue weighted by Gasteiger charge is 2.51. The number of piperazine rings is 1. The van der Waals surface area contributed by atoms with Gasteiger partial charge in [0.1, 0.15) is 0 Å². The third kappa shape index (κ3) is 4.23. The fourth-order valence-corrected chi connectivity index (χ4v) is 5.05. The molecule has 3 amide bonds. The van der Waals surface area contributed by atoms with E-state index in [-0.39, 0.29) is 18.5 Å². The lowest BCUT2D eigenvalue weighted by molar-refractivity contribution is -0.137. The van der Waals surface area contributed by atoms with Gasteiger partial charge in [-0.3, -0.25) is 14.6 Å². The Hall–Kier alpha value is -3.10. The van der Waals surface area contributed by atoms with Crippen LogP contribution in [0.2, 0.25) is 5.02 Å². The summed E-state index contributed by atoms with van der Waals surface area (Å²) in [4.78, 5) is 40.8. The second-order valence-electron chi connectivity index (χ2n) is 9.09. The Bertz CT molecular complexity index is 1080. The van der Waals surface area contributed by atoms with Crippen LogP contribution in [0, 0.1) is 0 Å². The van der Waals surface area contributed by atoms with Crippen molar-refractivity contribution in [2.45, 2.75) is 25.3 Å². The van der Waals surface area contributed by atoms with Crippen LogP contribution >= 0.6 is 11.6 Å². The van der Waals surface area contributed by atoms with Crippen LogP contribution < -0.4 is 0 Å². The van der Waals surface area contributed by atoms with E-state index in [0.29, 0.717) is 5.02 Å². The van der Waals surface area contributed by atoms with Crippen molar-refractivity contribution in [1.82, 2.24) is 24.5 Å². The van der Waals surface area contributed by atoms with E-state index < -0.39 is 12.2 Å². The van der Waals surface area contributed by atoms with Gasteiger partial charge in [0.15, 0.2) is 18.2 Å². The van der Waals surface area contributed by atoms with Gasteiger partial charge in [-0.25, -0.2) is 9.79 Å². The number of rotatable bonds is 4. The fraction of sp³-hybridized carbons (Fsp3) is 0.400. The number of amides is 3. The number of carbonyl (C=O) groups excluding carboxylic acids is 2. The second-order valence-corrected chi connectivity index (χ2v) is 9.53. The molecule has 2 unspecified atom stereocenters. The van der Waals surface area contributed by atoms with Crippen LogP contribution in [0.15, 0.2) is 59.6 Å². The van der Waals surface area contributed by atoms with Gasteiger partial charge in [0.05, 0.1) is 6.54 Å². The SMILES string of the molecule is CN1C(=O)N(Cc2ccc(Cl)cc2)C(=O)C2C1N=C(N1CCN(Cc3ccccc3)CC1)N2C. The molecule has 0 aliphatic carbocycles. The summed E-state index contributed by atoms with van der Waals surface area (Å²) in [5, 5.41) is 0.620. The first-order chi connectivity index (χ1) is 16.4. The number of aliphatic imine (C=N–C) groups is 1. The smallest absolute Gasteiger partial charge is 0.328 e. The summed E-state index contributed by atoms with van der Waals surface area (Å²) in [5.74, 6) is 0.572. The zero-order valence-corrected chi connectivity index (χ0v) is 20.2. The minimum absolute atomic E-state index is 0.212. The predicted octanol–water partition coefficient (Wildman–Crippen LogP) is 2.55. The van der Waals surface area contributed by atoms with Gasteiger partial charge < -0.3 is 14.7 Å². The molecule has 0 radical (unpaired) electrons. The first-order valence-electron chi connectivity index (χ1n) is 11.6. The van der Waals surface area contributed by atoms with Gasteiger partial charge >= 0.3 is 6.03 Å². The highest BCUT2D eigenvalue weighted by molar-refractivity contribution is 6.30. The number of urea groups is 1. The lowest BCUT2D eigenvalue weighted by Gasteiger charge is -2.41. The van der Waals surface area contributed by atoms with Gasteiger partial charge in [0.25, 0.3) is 5.91 Å². The number of imide groups is 1. The van der Waals surface area contributed by atoms with Crippen LogP contribution in [-0.2, 0) is 17.9 Å². The summed E-state index contributed by atoms with van der Waals surface area (Å²) in [7, 11) is 3.63. The molecule has 178 valence electrons. The maximum absolute atomic E-state index is 13.4. The van der Waals surface area contributed by atoms with E-state index in [1.54, 1.807) is 24.1 Å². The molecule has 2 atom stereocenters. The van der Waals surface area contributed by atoms with Gasteiger partial charge in [0, 0.05) is 51.8 Å². The Morgan fingerprint density at radius 3 is 2.18 bits per heavy atom. The number of carbonyl (C=O) groups is 2. The van der Waals surface area contributed by atoms with Gasteiger partial charge in [-0.05, 0) is 23.3 Å². The minimum Gasteiger partial charge on any atom is -0.340 e. The van der Waals surface area contributed by atoms with E-state index in [4.69, 9.17) is 16.6 Å². The molecule has 3 heterocycles. The quantitative estimate of drug-likeness (QED) is 0.673. The molecule has 0 bridgehead atoms. The maximum Gasteiger partial charge on any atom is 0.328 e. The molecule has 0 N–H and O–H groups in total. The molecule has 2 saturated heterocycles. The van der Waals surface area contributed by atoms with Crippen molar-refractivity contribution in [3.63, 3.8) is 0 Å². The summed E-state index contributed by atoms with van der Waals surface area (Å²) in [5.41, 5.74) is 2.16. The van der Waals surface area contributed by atoms with Crippen molar-refractivity contribution in [3.05, 3.63) is 70.7 Å². The number of hydrogen-bond acceptors (Lipinski definition) is 6. The van der Waals surface area contributed by atoms with Crippen LogP contribution in [-0.4, -0.2) is 94.9 Å². The molecule has 2 aromatic carbocycles. The molecule has 3 aliphatic heterocycles. The number of nitrogens with zero attached hydrogens (tertiary/aromatic N) is 6. The average molecular weight is 481 g/mol. The second kappa shape index (κ2) is 9.27. The molecule has 8 nitrogen and oxygen atoms in total. The zero-order valence-electron chi connectivity index (χ0n) is 19.5. The highest BCUT2D eigenvalue weighted by Crippen LogP contribution is 2.29. The van der Waals surface area contributed by atoms with Gasteiger partial charge in [-0.15, -0.1) is 0 Å². The van der Waals surface area contributed by atoms with E-state index >= 15 is 0 Å². The Morgan fingerprint density at radius 2 is 1.50 bits per heavy atom. The predicted molar refractivity (Wildman–Crippen MR) is 131 cm³/mol. The normalized spacial score (nSPS) is 23.4. The summed E-state index contributed by atoms with van der Waals surface area (Å²) in [6, 6.07) is 16.8. The number of benzene rings is 2. The topological polar surface area (TPSA) is 62.7 Å². The van der Waals surface area contributed by atoms with E-state index in [1.807, 2.05) is 30.1 Å². The molecular formula is C25H29ClN6O2. The first-order valence-corrected chi connectivity index (χ1v) is 11.9. The molecule has 0 spiro atoms. The van der Waals surface area contributed by atoms with Crippen LogP contribution in [0.3, 0.4) is 0 Å². The van der Waals surface area contributed by atoms with E-state index in [0.717, 1.165) is 44.2 Å². The van der Waals surface area contributed by atoms with Gasteiger partial charge in [-0.2, -0.15) is 0 Å². The lowest BCUT2D eigenvalue weighted by atomic mass is 10.1. The number of fused-ring (bicyclic) bond motifs is 1. The Kier molecular flexibility index (Phi) is 6.18. The van der Waals surface area contributed by atoms with Crippen LogP contribution in [0.25, 0.3) is 0 Å². The molecule has 34 heavy (non-hydrogen) atoms. The van der Waals surface area contributed by atoms with Gasteiger partial charge in [-0.1, -0.05) is 54.1 Å². The molecule has 0 aromatic heterocycles. The maximum atomic E-state index is 13.4. The lowest BCUT2D eigenvalue weighted by Crippen LogP contribution is -2.64. The molecule has 2 aromatic rings. The van der Waals surface area contributed by atoms with E-state index in [9.17, 15) is 9.59 Å². The van der Waals surface area contributed by atoms with Crippen LogP contribution in [0.4, 0.5) is 4.79 Å². The average Bonchev–Trinajstić information content (AvgIpc) is 3.20. The summed E-state index contributed by atoms with van der Waals surface area (Å²) in [6.07, 6.45) is -0.510.